The smallest absolute Gasteiger partial charge is 0.406 e. The van der Waals surface area contributed by atoms with Crippen molar-refractivity contribution in [3.05, 3.63) is 28.7 Å². The van der Waals surface area contributed by atoms with Crippen molar-refractivity contribution in [1.82, 2.24) is 14.5 Å². The number of aromatic amines is 1. The topological polar surface area (TPSA) is 59.5 Å². The molecule has 0 spiro atoms. The zero-order chi connectivity index (χ0) is 21.3. The van der Waals surface area contributed by atoms with Crippen LogP contribution in [0.1, 0.15) is 58.0 Å². The number of nitrogens with one attached hydrogen (secondary N) is 1. The Bertz CT molecular complexity index is 916. The van der Waals surface area contributed by atoms with Gasteiger partial charge in [-0.05, 0) is 64.0 Å². The fraction of sp³-hybridized carbons (Fsp3) is 0.667. The summed E-state index contributed by atoms with van der Waals surface area (Å²) in [7, 11) is 0. The highest BCUT2D eigenvalue weighted by Gasteiger charge is 2.35. The summed E-state index contributed by atoms with van der Waals surface area (Å²) in [6, 6.07) is 4.34. The number of alkyl halides is 3. The quantitative estimate of drug-likeness (QED) is 0.760. The lowest BCUT2D eigenvalue weighted by Gasteiger charge is -2.44. The molecule has 0 bridgehead atoms. The highest BCUT2D eigenvalue weighted by atomic mass is 19.4. The van der Waals surface area contributed by atoms with Crippen LogP contribution in [0.25, 0.3) is 11.0 Å². The summed E-state index contributed by atoms with van der Waals surface area (Å²) < 4.78 is 49.5. The molecular weight excluding hydrogens is 399 g/mol. The van der Waals surface area contributed by atoms with Gasteiger partial charge in [0.15, 0.2) is 0 Å². The average Bonchev–Trinajstić information content (AvgIpc) is 3.02. The number of H-pyrrole nitrogens is 1. The van der Waals surface area contributed by atoms with Gasteiger partial charge in [0.1, 0.15) is 5.75 Å². The third-order valence-electron chi connectivity index (χ3n) is 6.25. The minimum absolute atomic E-state index is 0.171. The van der Waals surface area contributed by atoms with E-state index in [0.29, 0.717) is 29.8 Å². The lowest BCUT2D eigenvalue weighted by molar-refractivity contribution is -0.274. The fourth-order valence-corrected chi connectivity index (χ4v) is 5.01. The van der Waals surface area contributed by atoms with Gasteiger partial charge in [-0.1, -0.05) is 0 Å². The molecule has 1 N–H and O–H groups in total. The molecule has 1 unspecified atom stereocenters. The molecule has 1 aromatic carbocycles. The van der Waals surface area contributed by atoms with Crippen LogP contribution in [0.5, 0.6) is 5.75 Å². The number of piperidine rings is 1. The summed E-state index contributed by atoms with van der Waals surface area (Å²) in [6.45, 7) is 3.61. The number of halogens is 3. The molecule has 2 aliphatic rings. The van der Waals surface area contributed by atoms with Gasteiger partial charge in [-0.3, -0.25) is 9.47 Å². The second kappa shape index (κ2) is 8.63. The first kappa shape index (κ1) is 21.2. The Balaban J connectivity index is 1.63. The molecule has 30 heavy (non-hydrogen) atoms. The summed E-state index contributed by atoms with van der Waals surface area (Å²) in [4.78, 5) is 18.0. The Morgan fingerprint density at radius 1 is 1.13 bits per heavy atom. The molecular formula is C21H28F3N3O3. The number of likely N-dealkylation sites (tertiary alicyclic amines) is 1. The Morgan fingerprint density at radius 2 is 1.90 bits per heavy atom. The number of benzene rings is 1. The molecule has 0 radical (unpaired) electrons. The summed E-state index contributed by atoms with van der Waals surface area (Å²) in [5.74, 6) is -0.317. The van der Waals surface area contributed by atoms with Gasteiger partial charge in [0.2, 0.25) is 0 Å². The van der Waals surface area contributed by atoms with Crippen molar-refractivity contribution in [1.29, 1.82) is 0 Å². The van der Waals surface area contributed by atoms with E-state index in [1.807, 2.05) is 6.92 Å². The molecule has 0 amide bonds. The summed E-state index contributed by atoms with van der Waals surface area (Å²) >= 11 is 0. The summed E-state index contributed by atoms with van der Waals surface area (Å²) in [5, 5.41) is 0. The molecule has 4 rings (SSSR count). The van der Waals surface area contributed by atoms with E-state index in [0.717, 1.165) is 51.5 Å². The maximum Gasteiger partial charge on any atom is 0.573 e. The number of hydrogen-bond donors (Lipinski definition) is 1. The predicted molar refractivity (Wildman–Crippen MR) is 107 cm³/mol. The van der Waals surface area contributed by atoms with Crippen LogP contribution >= 0.6 is 0 Å². The Kier molecular flexibility index (Phi) is 6.11. The Hall–Kier alpha value is -2.00. The summed E-state index contributed by atoms with van der Waals surface area (Å²) in [5.41, 5.74) is 0.663. The third-order valence-corrected chi connectivity index (χ3v) is 6.25. The van der Waals surface area contributed by atoms with E-state index in [-0.39, 0.29) is 17.6 Å². The zero-order valence-electron chi connectivity index (χ0n) is 17.1. The molecule has 1 atom stereocenters. The number of fused-ring (bicyclic) bond motifs is 1. The maximum atomic E-state index is 12.8. The lowest BCUT2D eigenvalue weighted by atomic mass is 9.90. The third kappa shape index (κ3) is 4.51. The van der Waals surface area contributed by atoms with Gasteiger partial charge in [0.05, 0.1) is 23.3 Å². The van der Waals surface area contributed by atoms with Gasteiger partial charge >= 0.3 is 12.1 Å². The fourth-order valence-electron chi connectivity index (χ4n) is 5.01. The van der Waals surface area contributed by atoms with Crippen LogP contribution in [0.15, 0.2) is 23.0 Å². The van der Waals surface area contributed by atoms with E-state index in [1.54, 1.807) is 4.57 Å². The first-order valence-corrected chi connectivity index (χ1v) is 10.7. The van der Waals surface area contributed by atoms with E-state index in [2.05, 4.69) is 14.6 Å². The van der Waals surface area contributed by atoms with Crippen molar-refractivity contribution >= 4 is 11.0 Å². The molecule has 1 aliphatic carbocycles. The van der Waals surface area contributed by atoms with Crippen LogP contribution in [0.3, 0.4) is 0 Å². The van der Waals surface area contributed by atoms with Crippen LogP contribution in [-0.4, -0.2) is 46.1 Å². The number of ether oxygens (including phenoxy) is 2. The van der Waals surface area contributed by atoms with Crippen LogP contribution in [0.2, 0.25) is 0 Å². The molecule has 166 valence electrons. The average molecular weight is 427 g/mol. The number of imidazole rings is 1. The first-order chi connectivity index (χ1) is 14.4. The molecule has 2 fully saturated rings. The summed E-state index contributed by atoms with van der Waals surface area (Å²) in [6.07, 6.45) is 2.17. The van der Waals surface area contributed by atoms with Crippen molar-refractivity contribution in [3.63, 3.8) is 0 Å². The monoisotopic (exact) mass is 427 g/mol. The molecule has 1 aromatic heterocycles. The molecule has 1 saturated heterocycles. The van der Waals surface area contributed by atoms with Crippen LogP contribution in [-0.2, 0) is 4.74 Å². The van der Waals surface area contributed by atoms with E-state index < -0.39 is 6.36 Å². The highest BCUT2D eigenvalue weighted by Crippen LogP contribution is 2.36. The maximum absolute atomic E-state index is 12.8. The van der Waals surface area contributed by atoms with Gasteiger partial charge in [0.25, 0.3) is 0 Å². The van der Waals surface area contributed by atoms with Gasteiger partial charge in [-0.2, -0.15) is 0 Å². The standard InChI is InChI=1S/C21H28F3N3O3/c1-2-29-15-8-6-14(7-9-15)26-12-4-3-5-19(26)27-18-13-16(30-21(22,23)24)10-11-17(18)25-20(27)28/h10-11,13-15,19H,2-9,12H2,1H3,(H,25,28)/t14-,15+,19?. The van der Waals surface area contributed by atoms with Crippen LogP contribution < -0.4 is 10.4 Å². The van der Waals surface area contributed by atoms with Gasteiger partial charge < -0.3 is 14.5 Å². The molecule has 1 saturated carbocycles. The van der Waals surface area contributed by atoms with Crippen molar-refractivity contribution in [2.75, 3.05) is 13.2 Å². The molecule has 6 nitrogen and oxygen atoms in total. The van der Waals surface area contributed by atoms with E-state index in [1.165, 1.54) is 18.2 Å². The van der Waals surface area contributed by atoms with Crippen LogP contribution in [0, 0.1) is 0 Å². The molecule has 9 heteroatoms. The number of aromatic nitrogens is 2. The Labute approximate surface area is 172 Å². The van der Waals surface area contributed by atoms with Gasteiger partial charge in [-0.15, -0.1) is 13.2 Å². The highest BCUT2D eigenvalue weighted by molar-refractivity contribution is 5.77. The number of nitrogens with zero attached hydrogens (tertiary/aromatic N) is 2. The number of hydrogen-bond acceptors (Lipinski definition) is 4. The van der Waals surface area contributed by atoms with E-state index >= 15 is 0 Å². The molecule has 2 aromatic rings. The minimum Gasteiger partial charge on any atom is -0.406 e. The second-order valence-corrected chi connectivity index (χ2v) is 8.13. The van der Waals surface area contributed by atoms with Gasteiger partial charge in [-0.25, -0.2) is 4.79 Å². The van der Waals surface area contributed by atoms with Gasteiger partial charge in [0, 0.05) is 25.3 Å². The second-order valence-electron chi connectivity index (χ2n) is 8.13. The first-order valence-electron chi connectivity index (χ1n) is 10.7. The normalized spacial score (nSPS) is 26.2. The molecule has 1 aliphatic heterocycles. The largest absolute Gasteiger partial charge is 0.573 e. The van der Waals surface area contributed by atoms with Crippen molar-refractivity contribution in [2.24, 2.45) is 0 Å². The Morgan fingerprint density at radius 3 is 2.60 bits per heavy atom. The van der Waals surface area contributed by atoms with Crippen LogP contribution in [0.4, 0.5) is 13.2 Å². The lowest BCUT2D eigenvalue weighted by Crippen LogP contribution is -2.47. The van der Waals surface area contributed by atoms with Crippen molar-refractivity contribution in [3.8, 4) is 5.75 Å². The predicted octanol–water partition coefficient (Wildman–Crippen LogP) is 4.56. The van der Waals surface area contributed by atoms with Crippen molar-refractivity contribution < 1.29 is 22.6 Å². The zero-order valence-corrected chi connectivity index (χ0v) is 17.1. The van der Waals surface area contributed by atoms with E-state index in [4.69, 9.17) is 4.74 Å². The van der Waals surface area contributed by atoms with Crippen molar-refractivity contribution in [2.45, 2.75) is 76.5 Å². The number of rotatable bonds is 5. The SMILES string of the molecule is CCO[C@H]1CC[C@@H](N2CCCCC2n2c(=O)[nH]c3ccc(OC(F)(F)F)cc32)CC1. The van der Waals surface area contributed by atoms with E-state index in [9.17, 15) is 18.0 Å². The minimum atomic E-state index is -4.77. The molecule has 2 heterocycles.